The lowest BCUT2D eigenvalue weighted by Crippen LogP contribution is -2.11. The van der Waals surface area contributed by atoms with Crippen molar-refractivity contribution in [1.82, 2.24) is 28.7 Å². The number of hydrogen-bond donors (Lipinski definition) is 0. The number of rotatable bonds is 4. The van der Waals surface area contributed by atoms with E-state index in [9.17, 15) is 0 Å². The normalized spacial score (nSPS) is 11.9. The molecule has 0 saturated heterocycles. The number of nitrogens with zero attached hydrogens (tertiary/aromatic N) is 6. The van der Waals surface area contributed by atoms with Crippen molar-refractivity contribution in [2.45, 2.75) is 0 Å². The fourth-order valence-electron chi connectivity index (χ4n) is 8.04. The van der Waals surface area contributed by atoms with Gasteiger partial charge in [0.1, 0.15) is 0 Å². The third-order valence-electron chi connectivity index (χ3n) is 10.2. The highest BCUT2D eigenvalue weighted by molar-refractivity contribution is 6.33. The topological polar surface area (TPSA) is 53.5 Å². The zero-order valence-corrected chi connectivity index (χ0v) is 28.4. The zero-order valence-electron chi connectivity index (χ0n) is 27.6. The lowest BCUT2D eigenvalue weighted by atomic mass is 10.1. The van der Waals surface area contributed by atoms with Crippen molar-refractivity contribution in [1.29, 1.82) is 0 Å². The first kappa shape index (κ1) is 29.0. The molecule has 11 aromatic rings. The Bertz CT molecular complexity index is 2930. The average Bonchev–Trinajstić information content (AvgIpc) is 3.84. The molecule has 0 atom stereocenters. The second-order valence-corrected chi connectivity index (χ2v) is 13.4. The largest absolute Gasteiger partial charge is 0.307 e. The summed E-state index contributed by atoms with van der Waals surface area (Å²) < 4.78 is 6.54. The second kappa shape index (κ2) is 11.1. The van der Waals surface area contributed by atoms with Crippen LogP contribution in [0.4, 0.5) is 0 Å². The van der Waals surface area contributed by atoms with Gasteiger partial charge >= 0.3 is 0 Å². The Morgan fingerprint density at radius 1 is 0.327 bits per heavy atom. The number of benzene rings is 7. The Balaban J connectivity index is 1.28. The third-order valence-corrected chi connectivity index (χ3v) is 10.5. The molecular formula is C45H27ClN6. The van der Waals surface area contributed by atoms with E-state index in [1.54, 1.807) is 0 Å². The van der Waals surface area contributed by atoms with Gasteiger partial charge in [-0.3, -0.25) is 9.13 Å². The highest BCUT2D eigenvalue weighted by Gasteiger charge is 2.24. The number of halogens is 1. The number of aromatic nitrogens is 6. The van der Waals surface area contributed by atoms with Gasteiger partial charge in [0.15, 0.2) is 5.82 Å². The van der Waals surface area contributed by atoms with Crippen molar-refractivity contribution >= 4 is 77.0 Å². The third kappa shape index (κ3) is 4.10. The van der Waals surface area contributed by atoms with Crippen LogP contribution in [-0.4, -0.2) is 28.7 Å². The van der Waals surface area contributed by atoms with E-state index in [4.69, 9.17) is 26.6 Å². The minimum Gasteiger partial charge on any atom is -0.307 e. The predicted octanol–water partition coefficient (Wildman–Crippen LogP) is 11.5. The predicted molar refractivity (Wildman–Crippen MR) is 213 cm³/mol. The van der Waals surface area contributed by atoms with Gasteiger partial charge in [-0.05, 0) is 48.5 Å². The summed E-state index contributed by atoms with van der Waals surface area (Å²) in [5.74, 6) is 1.56. The van der Waals surface area contributed by atoms with Gasteiger partial charge in [0, 0.05) is 37.9 Å². The molecule has 0 N–H and O–H groups in total. The maximum absolute atomic E-state index is 7.26. The van der Waals surface area contributed by atoms with Gasteiger partial charge in [-0.15, -0.1) is 0 Å². The standard InChI is InChI=1S/C45H27ClN6/c46-35-21-13-20-34(42(35)50-36-22-7-1-14-28(36)29-15-2-8-23-37(29)50)43-47-44(51-38-24-9-3-16-30(38)31-17-4-10-25-39(31)51)49-45(48-43)52-40-26-11-5-18-32(40)33-19-6-12-27-41(33)52/h1-27H. The second-order valence-electron chi connectivity index (χ2n) is 13.0. The maximum Gasteiger partial charge on any atom is 0.240 e. The fraction of sp³-hybridized carbons (Fsp3) is 0. The molecule has 0 aliphatic rings. The first-order valence-electron chi connectivity index (χ1n) is 17.3. The summed E-state index contributed by atoms with van der Waals surface area (Å²) in [6.07, 6.45) is 0. The van der Waals surface area contributed by atoms with Crippen molar-refractivity contribution in [3.8, 4) is 29.0 Å². The number of hydrogen-bond acceptors (Lipinski definition) is 3. The first-order valence-corrected chi connectivity index (χ1v) is 17.6. The molecule has 4 aromatic heterocycles. The van der Waals surface area contributed by atoms with Crippen LogP contribution in [0.5, 0.6) is 0 Å². The summed E-state index contributed by atoms with van der Waals surface area (Å²) in [6.45, 7) is 0. The van der Waals surface area contributed by atoms with E-state index in [0.717, 1.165) is 76.7 Å². The molecule has 0 bridgehead atoms. The zero-order chi connectivity index (χ0) is 34.3. The monoisotopic (exact) mass is 686 g/mol. The van der Waals surface area contributed by atoms with E-state index in [0.29, 0.717) is 22.7 Å². The first-order chi connectivity index (χ1) is 25.7. The molecule has 11 rings (SSSR count). The van der Waals surface area contributed by atoms with Crippen LogP contribution < -0.4 is 0 Å². The van der Waals surface area contributed by atoms with E-state index in [1.165, 1.54) is 0 Å². The molecule has 4 heterocycles. The Morgan fingerprint density at radius 3 is 1.02 bits per heavy atom. The van der Waals surface area contributed by atoms with Crippen molar-refractivity contribution in [2.24, 2.45) is 0 Å². The molecular weight excluding hydrogens is 660 g/mol. The summed E-state index contributed by atoms with van der Waals surface area (Å²) in [4.78, 5) is 16.0. The number of fused-ring (bicyclic) bond motifs is 9. The molecule has 0 aliphatic heterocycles. The summed E-state index contributed by atoms with van der Waals surface area (Å²) >= 11 is 7.26. The molecule has 0 fully saturated rings. The van der Waals surface area contributed by atoms with Gasteiger partial charge in [0.25, 0.3) is 0 Å². The molecule has 6 nitrogen and oxygen atoms in total. The smallest absolute Gasteiger partial charge is 0.240 e. The lowest BCUT2D eigenvalue weighted by Gasteiger charge is -2.17. The molecule has 0 radical (unpaired) electrons. The van der Waals surface area contributed by atoms with Crippen LogP contribution in [-0.2, 0) is 0 Å². The van der Waals surface area contributed by atoms with Gasteiger partial charge < -0.3 is 4.57 Å². The van der Waals surface area contributed by atoms with Gasteiger partial charge in [-0.2, -0.15) is 15.0 Å². The van der Waals surface area contributed by atoms with E-state index < -0.39 is 0 Å². The summed E-state index contributed by atoms with van der Waals surface area (Å²) in [7, 11) is 0. The Hall–Kier alpha value is -6.76. The van der Waals surface area contributed by atoms with E-state index in [-0.39, 0.29) is 0 Å². The van der Waals surface area contributed by atoms with Gasteiger partial charge in [-0.25, -0.2) is 0 Å². The van der Waals surface area contributed by atoms with E-state index in [1.807, 2.05) is 12.1 Å². The van der Waals surface area contributed by atoms with Crippen LogP contribution >= 0.6 is 11.6 Å². The van der Waals surface area contributed by atoms with Crippen LogP contribution in [0.3, 0.4) is 0 Å². The molecule has 0 saturated carbocycles. The summed E-state index contributed by atoms with van der Waals surface area (Å²) in [6, 6.07) is 56.5. The maximum atomic E-state index is 7.26. The Kier molecular flexibility index (Phi) is 6.21. The van der Waals surface area contributed by atoms with Crippen molar-refractivity contribution < 1.29 is 0 Å². The van der Waals surface area contributed by atoms with E-state index >= 15 is 0 Å². The minimum atomic E-state index is 0.517. The van der Waals surface area contributed by atoms with E-state index in [2.05, 4.69) is 165 Å². The van der Waals surface area contributed by atoms with Crippen LogP contribution in [0.2, 0.25) is 5.02 Å². The van der Waals surface area contributed by atoms with Crippen molar-refractivity contribution in [3.63, 3.8) is 0 Å². The lowest BCUT2D eigenvalue weighted by molar-refractivity contribution is 0.892. The van der Waals surface area contributed by atoms with Crippen LogP contribution in [0.1, 0.15) is 0 Å². The Labute approximate surface area is 302 Å². The molecule has 0 aliphatic carbocycles. The molecule has 52 heavy (non-hydrogen) atoms. The van der Waals surface area contributed by atoms with Gasteiger partial charge in [0.2, 0.25) is 11.9 Å². The molecule has 7 heteroatoms. The average molecular weight is 687 g/mol. The van der Waals surface area contributed by atoms with Gasteiger partial charge in [0.05, 0.1) is 43.8 Å². The Morgan fingerprint density at radius 2 is 0.654 bits per heavy atom. The SMILES string of the molecule is Clc1cccc(-c2nc(-n3c4ccccc4c4ccccc43)nc(-n3c4ccccc4c4ccccc43)n2)c1-n1c2ccccc2c2ccccc21. The molecule has 0 unspecified atom stereocenters. The highest BCUT2D eigenvalue weighted by Crippen LogP contribution is 2.40. The van der Waals surface area contributed by atoms with Crippen LogP contribution in [0, 0.1) is 0 Å². The minimum absolute atomic E-state index is 0.517. The highest BCUT2D eigenvalue weighted by atomic mass is 35.5. The molecule has 0 spiro atoms. The summed E-state index contributed by atoms with van der Waals surface area (Å²) in [5, 5.41) is 7.42. The quantitative estimate of drug-likeness (QED) is 0.185. The summed E-state index contributed by atoms with van der Waals surface area (Å²) in [5.41, 5.74) is 7.78. The molecule has 0 amide bonds. The fourth-order valence-corrected chi connectivity index (χ4v) is 8.30. The van der Waals surface area contributed by atoms with Crippen LogP contribution in [0.15, 0.2) is 164 Å². The van der Waals surface area contributed by atoms with Crippen molar-refractivity contribution in [3.05, 3.63) is 169 Å². The van der Waals surface area contributed by atoms with Crippen molar-refractivity contribution in [2.75, 3.05) is 0 Å². The van der Waals surface area contributed by atoms with Crippen LogP contribution in [0.25, 0.3) is 94.4 Å². The number of para-hydroxylation sites is 7. The van der Waals surface area contributed by atoms with Gasteiger partial charge in [-0.1, -0.05) is 127 Å². The molecule has 244 valence electrons. The molecule has 7 aromatic carbocycles.